The third-order valence-electron chi connectivity index (χ3n) is 1.77. The number of carboxylic acids is 1. The van der Waals surface area contributed by atoms with Crippen LogP contribution < -0.4 is 0 Å². The van der Waals surface area contributed by atoms with Crippen LogP contribution in [0.5, 0.6) is 0 Å². The van der Waals surface area contributed by atoms with Crippen molar-refractivity contribution < 1.29 is 9.90 Å². The highest BCUT2D eigenvalue weighted by Gasteiger charge is 2.07. The van der Waals surface area contributed by atoms with E-state index in [1.54, 1.807) is 6.20 Å². The highest BCUT2D eigenvalue weighted by Crippen LogP contribution is 2.23. The second-order valence-electron chi connectivity index (χ2n) is 2.69. The molecule has 0 saturated carbocycles. The minimum absolute atomic E-state index is 0.0751. The van der Waals surface area contributed by atoms with E-state index in [9.17, 15) is 4.79 Å². The molecule has 0 aliphatic heterocycles. The predicted octanol–water partition coefficient (Wildman–Crippen LogP) is 1.92. The largest absolute Gasteiger partial charge is 0.481 e. The van der Waals surface area contributed by atoms with Crippen molar-refractivity contribution in [2.45, 2.75) is 6.42 Å². The van der Waals surface area contributed by atoms with Gasteiger partial charge in [-0.2, -0.15) is 0 Å². The van der Waals surface area contributed by atoms with Gasteiger partial charge >= 0.3 is 5.97 Å². The number of aromatic nitrogens is 1. The third kappa shape index (κ3) is 1.53. The molecular weight excluding hydrogens is 186 g/mol. The Labute approximate surface area is 78.7 Å². The molecule has 0 aromatic carbocycles. The van der Waals surface area contributed by atoms with Gasteiger partial charge in [0, 0.05) is 11.6 Å². The van der Waals surface area contributed by atoms with Crippen molar-refractivity contribution in [2.24, 2.45) is 0 Å². The lowest BCUT2D eigenvalue weighted by molar-refractivity contribution is -0.136. The van der Waals surface area contributed by atoms with E-state index in [4.69, 9.17) is 5.11 Å². The van der Waals surface area contributed by atoms with Gasteiger partial charge in [-0.05, 0) is 17.0 Å². The van der Waals surface area contributed by atoms with Crippen molar-refractivity contribution in [3.63, 3.8) is 0 Å². The van der Waals surface area contributed by atoms with Crippen LogP contribution in [0.25, 0.3) is 10.2 Å². The Kier molecular flexibility index (Phi) is 1.98. The minimum Gasteiger partial charge on any atom is -0.481 e. The summed E-state index contributed by atoms with van der Waals surface area (Å²) in [5.41, 5.74) is 0.848. The van der Waals surface area contributed by atoms with Crippen molar-refractivity contribution in [2.75, 3.05) is 0 Å². The Bertz CT molecular complexity index is 450. The van der Waals surface area contributed by atoms with Crippen LogP contribution in [0.15, 0.2) is 23.7 Å². The van der Waals surface area contributed by atoms with Gasteiger partial charge < -0.3 is 5.11 Å². The van der Waals surface area contributed by atoms with Crippen LogP contribution in [-0.2, 0) is 11.2 Å². The fourth-order valence-corrected chi connectivity index (χ4v) is 2.13. The van der Waals surface area contributed by atoms with E-state index in [2.05, 4.69) is 4.98 Å². The van der Waals surface area contributed by atoms with Crippen LogP contribution in [0, 0.1) is 0 Å². The molecule has 0 bridgehead atoms. The third-order valence-corrected chi connectivity index (χ3v) is 2.72. The lowest BCUT2D eigenvalue weighted by Gasteiger charge is -1.92. The summed E-state index contributed by atoms with van der Waals surface area (Å²) in [5, 5.41) is 11.4. The number of pyridine rings is 1. The quantitative estimate of drug-likeness (QED) is 0.792. The average molecular weight is 193 g/mol. The molecule has 66 valence electrons. The maximum atomic E-state index is 10.5. The molecule has 4 heteroatoms. The minimum atomic E-state index is -0.802. The molecule has 0 spiro atoms. The first-order valence-electron chi connectivity index (χ1n) is 3.80. The van der Waals surface area contributed by atoms with E-state index < -0.39 is 5.97 Å². The van der Waals surface area contributed by atoms with Crippen LogP contribution in [0.2, 0.25) is 0 Å². The van der Waals surface area contributed by atoms with E-state index in [-0.39, 0.29) is 6.42 Å². The molecule has 0 radical (unpaired) electrons. The number of rotatable bonds is 2. The number of carboxylic acid groups (broad SMARTS) is 1. The van der Waals surface area contributed by atoms with Crippen molar-refractivity contribution in [1.82, 2.24) is 4.98 Å². The number of carbonyl (C=O) groups is 1. The molecule has 0 saturated heterocycles. The first kappa shape index (κ1) is 8.19. The van der Waals surface area contributed by atoms with Crippen LogP contribution >= 0.6 is 11.3 Å². The second kappa shape index (κ2) is 3.14. The van der Waals surface area contributed by atoms with E-state index in [1.807, 2.05) is 17.5 Å². The fourth-order valence-electron chi connectivity index (χ4n) is 1.22. The van der Waals surface area contributed by atoms with Gasteiger partial charge in [-0.25, -0.2) is 4.98 Å². The maximum Gasteiger partial charge on any atom is 0.307 e. The van der Waals surface area contributed by atoms with Crippen molar-refractivity contribution in [3.8, 4) is 0 Å². The molecule has 1 N–H and O–H groups in total. The summed E-state index contributed by atoms with van der Waals surface area (Å²) in [5.74, 6) is -0.802. The number of nitrogens with zero attached hydrogens (tertiary/aromatic N) is 1. The summed E-state index contributed by atoms with van der Waals surface area (Å²) in [6, 6.07) is 3.72. The second-order valence-corrected chi connectivity index (χ2v) is 3.55. The summed E-state index contributed by atoms with van der Waals surface area (Å²) in [6.07, 6.45) is 1.79. The van der Waals surface area contributed by atoms with Gasteiger partial charge in [-0.15, -0.1) is 11.3 Å². The molecule has 0 amide bonds. The van der Waals surface area contributed by atoms with Crippen molar-refractivity contribution in [3.05, 3.63) is 29.3 Å². The number of aliphatic carboxylic acids is 1. The van der Waals surface area contributed by atoms with Crippen LogP contribution in [0.3, 0.4) is 0 Å². The Balaban J connectivity index is 2.51. The lowest BCUT2D eigenvalue weighted by atomic mass is 10.2. The Hall–Kier alpha value is -1.42. The topological polar surface area (TPSA) is 50.2 Å². The molecule has 0 unspecified atom stereocenters. The Morgan fingerprint density at radius 1 is 1.62 bits per heavy atom. The Morgan fingerprint density at radius 3 is 3.23 bits per heavy atom. The van der Waals surface area contributed by atoms with Crippen molar-refractivity contribution >= 4 is 27.5 Å². The van der Waals surface area contributed by atoms with Crippen LogP contribution in [-0.4, -0.2) is 16.1 Å². The number of thiophene rings is 1. The summed E-state index contributed by atoms with van der Waals surface area (Å²) in [6.45, 7) is 0. The van der Waals surface area contributed by atoms with Gasteiger partial charge in [0.2, 0.25) is 0 Å². The van der Waals surface area contributed by atoms with E-state index in [0.29, 0.717) is 0 Å². The fraction of sp³-hybridized carbons (Fsp3) is 0.111. The normalized spacial score (nSPS) is 10.5. The molecule has 2 aromatic heterocycles. The lowest BCUT2D eigenvalue weighted by Crippen LogP contribution is -1.98. The SMILES string of the molecule is O=C(O)Cc1csc2ncccc12. The van der Waals surface area contributed by atoms with Crippen LogP contribution in [0.1, 0.15) is 5.56 Å². The molecule has 0 aliphatic rings. The van der Waals surface area contributed by atoms with E-state index in [1.165, 1.54) is 11.3 Å². The standard InChI is InChI=1S/C9H7NO2S/c11-8(12)4-6-5-13-9-7(6)2-1-3-10-9/h1-3,5H,4H2,(H,11,12). The average Bonchev–Trinajstić information content (AvgIpc) is 2.48. The molecule has 2 aromatic rings. The van der Waals surface area contributed by atoms with Gasteiger partial charge in [0.05, 0.1) is 6.42 Å². The van der Waals surface area contributed by atoms with E-state index in [0.717, 1.165) is 15.8 Å². The van der Waals surface area contributed by atoms with Gasteiger partial charge in [-0.3, -0.25) is 4.79 Å². The molecule has 0 aliphatic carbocycles. The zero-order valence-corrected chi connectivity index (χ0v) is 7.54. The van der Waals surface area contributed by atoms with Gasteiger partial charge in [0.1, 0.15) is 4.83 Å². The summed E-state index contributed by atoms with van der Waals surface area (Å²) >= 11 is 1.48. The summed E-state index contributed by atoms with van der Waals surface area (Å²) in [7, 11) is 0. The summed E-state index contributed by atoms with van der Waals surface area (Å²) < 4.78 is 0. The number of hydrogen-bond donors (Lipinski definition) is 1. The van der Waals surface area contributed by atoms with Gasteiger partial charge in [-0.1, -0.05) is 6.07 Å². The van der Waals surface area contributed by atoms with Gasteiger partial charge in [0.25, 0.3) is 0 Å². The number of hydrogen-bond acceptors (Lipinski definition) is 3. The maximum absolute atomic E-state index is 10.5. The molecule has 13 heavy (non-hydrogen) atoms. The highest BCUT2D eigenvalue weighted by molar-refractivity contribution is 7.16. The molecule has 3 nitrogen and oxygen atoms in total. The molecule has 2 rings (SSSR count). The molecule has 2 heterocycles. The number of fused-ring (bicyclic) bond motifs is 1. The Morgan fingerprint density at radius 2 is 2.46 bits per heavy atom. The van der Waals surface area contributed by atoms with Crippen LogP contribution in [0.4, 0.5) is 0 Å². The summed E-state index contributed by atoms with van der Waals surface area (Å²) in [4.78, 5) is 15.5. The smallest absolute Gasteiger partial charge is 0.307 e. The van der Waals surface area contributed by atoms with E-state index >= 15 is 0 Å². The molecule has 0 fully saturated rings. The first-order chi connectivity index (χ1) is 6.27. The van der Waals surface area contributed by atoms with Crippen molar-refractivity contribution in [1.29, 1.82) is 0 Å². The highest BCUT2D eigenvalue weighted by atomic mass is 32.1. The molecular formula is C9H7NO2S. The van der Waals surface area contributed by atoms with Gasteiger partial charge in [0.15, 0.2) is 0 Å². The predicted molar refractivity (Wildman–Crippen MR) is 51.0 cm³/mol. The monoisotopic (exact) mass is 193 g/mol. The zero-order valence-electron chi connectivity index (χ0n) is 6.73. The zero-order chi connectivity index (χ0) is 9.26. The molecule has 0 atom stereocenters. The first-order valence-corrected chi connectivity index (χ1v) is 4.68.